The number of nitrogens with zero attached hydrogens (tertiary/aromatic N) is 5. The Morgan fingerprint density at radius 3 is 2.95 bits per heavy atom. The number of aromatic nitrogens is 3. The fraction of sp³-hybridized carbons (Fsp3) is 0.625. The number of hydrogen-bond donors (Lipinski definition) is 1. The number of likely N-dealkylation sites (tertiary alicyclic amines) is 1. The van der Waals surface area contributed by atoms with E-state index >= 15 is 0 Å². The number of piperazine rings is 1. The molecule has 0 bridgehead atoms. The maximum atomic E-state index is 4.22. The van der Waals surface area contributed by atoms with Crippen LogP contribution in [0.2, 0.25) is 0 Å². The first-order valence-electron chi connectivity index (χ1n) is 8.25. The third-order valence-corrected chi connectivity index (χ3v) is 5.00. The molecule has 2 aromatic rings. The van der Waals surface area contributed by atoms with Crippen molar-refractivity contribution < 1.29 is 0 Å². The number of nitrogens with one attached hydrogen (secondary N) is 1. The van der Waals surface area contributed by atoms with E-state index in [4.69, 9.17) is 0 Å². The molecule has 0 amide bonds. The smallest absolute Gasteiger partial charge is 0.113 e. The molecular formula is C16H24N6. The van der Waals surface area contributed by atoms with E-state index in [1.165, 1.54) is 38.2 Å². The van der Waals surface area contributed by atoms with Gasteiger partial charge in [-0.15, -0.1) is 5.10 Å². The quantitative estimate of drug-likeness (QED) is 0.892. The van der Waals surface area contributed by atoms with Gasteiger partial charge < -0.3 is 5.32 Å². The van der Waals surface area contributed by atoms with Crippen molar-refractivity contribution in [1.82, 2.24) is 30.1 Å². The first-order valence-corrected chi connectivity index (χ1v) is 8.25. The fourth-order valence-corrected chi connectivity index (χ4v) is 3.74. The number of hydrogen-bond acceptors (Lipinski definition) is 5. The Morgan fingerprint density at radius 2 is 2.09 bits per heavy atom. The fourth-order valence-electron chi connectivity index (χ4n) is 3.74. The lowest BCUT2D eigenvalue weighted by molar-refractivity contribution is 0.170. The van der Waals surface area contributed by atoms with Crippen LogP contribution in [0.1, 0.15) is 12.0 Å². The van der Waals surface area contributed by atoms with E-state index < -0.39 is 0 Å². The molecule has 1 aromatic heterocycles. The Kier molecular flexibility index (Phi) is 3.82. The molecule has 118 valence electrons. The molecule has 2 aliphatic rings. The highest BCUT2D eigenvalue weighted by molar-refractivity contribution is 5.74. The van der Waals surface area contributed by atoms with Gasteiger partial charge >= 0.3 is 0 Å². The van der Waals surface area contributed by atoms with Gasteiger partial charge in [-0.05, 0) is 24.1 Å². The predicted molar refractivity (Wildman–Crippen MR) is 86.6 cm³/mol. The maximum absolute atomic E-state index is 4.22. The Balaban J connectivity index is 1.40. The van der Waals surface area contributed by atoms with Crippen molar-refractivity contribution in [2.75, 3.05) is 39.3 Å². The topological polar surface area (TPSA) is 49.2 Å². The standard InChI is InChI=1S/C16H24N6/c1-20-16-3-2-13(10-15(16)18-19-20)11-21-7-4-14(12-21)22-8-5-17-6-9-22/h2-3,10,14,17H,4-9,11-12H2,1H3. The van der Waals surface area contributed by atoms with Crippen LogP contribution < -0.4 is 5.32 Å². The molecule has 6 nitrogen and oxygen atoms in total. The summed E-state index contributed by atoms with van der Waals surface area (Å²) in [4.78, 5) is 5.23. The second-order valence-electron chi connectivity index (χ2n) is 6.50. The van der Waals surface area contributed by atoms with E-state index in [1.807, 2.05) is 11.7 Å². The van der Waals surface area contributed by atoms with Gasteiger partial charge in [-0.3, -0.25) is 9.80 Å². The minimum absolute atomic E-state index is 0.738. The van der Waals surface area contributed by atoms with Crippen molar-refractivity contribution in [3.63, 3.8) is 0 Å². The number of rotatable bonds is 3. The SMILES string of the molecule is Cn1nnc2cc(CN3CCC(N4CCNCC4)C3)ccc21. The molecule has 1 unspecified atom stereocenters. The average Bonchev–Trinajstić information content (AvgIpc) is 3.16. The molecule has 2 fully saturated rings. The molecule has 3 heterocycles. The molecule has 6 heteroatoms. The van der Waals surface area contributed by atoms with Gasteiger partial charge in [0.05, 0.1) is 5.52 Å². The van der Waals surface area contributed by atoms with E-state index in [1.54, 1.807) is 0 Å². The molecule has 0 radical (unpaired) electrons. The van der Waals surface area contributed by atoms with E-state index in [-0.39, 0.29) is 0 Å². The van der Waals surface area contributed by atoms with Gasteiger partial charge in [0, 0.05) is 58.9 Å². The van der Waals surface area contributed by atoms with Crippen molar-refractivity contribution in [1.29, 1.82) is 0 Å². The lowest BCUT2D eigenvalue weighted by atomic mass is 10.2. The van der Waals surface area contributed by atoms with Crippen LogP contribution >= 0.6 is 0 Å². The van der Waals surface area contributed by atoms with Gasteiger partial charge in [0.15, 0.2) is 0 Å². The molecule has 1 aromatic carbocycles. The van der Waals surface area contributed by atoms with E-state index in [9.17, 15) is 0 Å². The zero-order chi connectivity index (χ0) is 14.9. The molecule has 4 rings (SSSR count). The minimum Gasteiger partial charge on any atom is -0.314 e. The third kappa shape index (κ3) is 2.74. The van der Waals surface area contributed by atoms with Gasteiger partial charge in [0.1, 0.15) is 5.52 Å². The largest absolute Gasteiger partial charge is 0.314 e. The zero-order valence-corrected chi connectivity index (χ0v) is 13.2. The van der Waals surface area contributed by atoms with Crippen LogP contribution in [0, 0.1) is 0 Å². The van der Waals surface area contributed by atoms with Crippen LogP contribution in [0.25, 0.3) is 11.0 Å². The highest BCUT2D eigenvalue weighted by Gasteiger charge is 2.28. The molecule has 0 spiro atoms. The van der Waals surface area contributed by atoms with Crippen molar-refractivity contribution in [2.45, 2.75) is 19.0 Å². The lowest BCUT2D eigenvalue weighted by Crippen LogP contribution is -2.49. The summed E-state index contributed by atoms with van der Waals surface area (Å²) in [6, 6.07) is 7.26. The van der Waals surface area contributed by atoms with E-state index in [0.717, 1.165) is 36.7 Å². The van der Waals surface area contributed by atoms with Crippen molar-refractivity contribution >= 4 is 11.0 Å². The van der Waals surface area contributed by atoms with Crippen molar-refractivity contribution in [2.24, 2.45) is 7.05 Å². The first kappa shape index (κ1) is 14.1. The normalized spacial score (nSPS) is 24.3. The van der Waals surface area contributed by atoms with Crippen LogP contribution in [0.4, 0.5) is 0 Å². The number of aryl methyl sites for hydroxylation is 1. The van der Waals surface area contributed by atoms with Gasteiger partial charge in [-0.2, -0.15) is 0 Å². The van der Waals surface area contributed by atoms with Gasteiger partial charge in [-0.25, -0.2) is 4.68 Å². The molecule has 1 N–H and O–H groups in total. The molecule has 0 saturated carbocycles. The second kappa shape index (κ2) is 5.95. The number of fused-ring (bicyclic) bond motifs is 1. The van der Waals surface area contributed by atoms with Crippen LogP contribution in [-0.4, -0.2) is 70.1 Å². The van der Waals surface area contributed by atoms with Crippen LogP contribution in [-0.2, 0) is 13.6 Å². The Morgan fingerprint density at radius 1 is 1.23 bits per heavy atom. The Hall–Kier alpha value is -1.50. The maximum Gasteiger partial charge on any atom is 0.113 e. The summed E-state index contributed by atoms with van der Waals surface area (Å²) in [6.45, 7) is 8.09. The average molecular weight is 300 g/mol. The van der Waals surface area contributed by atoms with E-state index in [0.29, 0.717) is 0 Å². The predicted octanol–water partition coefficient (Wildman–Crippen LogP) is 0.448. The summed E-state index contributed by atoms with van der Waals surface area (Å²) in [6.07, 6.45) is 1.30. The molecule has 22 heavy (non-hydrogen) atoms. The summed E-state index contributed by atoms with van der Waals surface area (Å²) in [5, 5.41) is 11.7. The molecular weight excluding hydrogens is 276 g/mol. The third-order valence-electron chi connectivity index (χ3n) is 5.00. The van der Waals surface area contributed by atoms with Gasteiger partial charge in [0.25, 0.3) is 0 Å². The first-order chi connectivity index (χ1) is 10.8. The summed E-state index contributed by atoms with van der Waals surface area (Å²) in [7, 11) is 1.94. The Labute approximate surface area is 131 Å². The lowest BCUT2D eigenvalue weighted by Gasteiger charge is -2.32. The van der Waals surface area contributed by atoms with Gasteiger partial charge in [0.2, 0.25) is 0 Å². The van der Waals surface area contributed by atoms with Crippen LogP contribution in [0.5, 0.6) is 0 Å². The Bertz CT molecular complexity index is 645. The summed E-state index contributed by atoms with van der Waals surface area (Å²) in [5.74, 6) is 0. The highest BCUT2D eigenvalue weighted by Crippen LogP contribution is 2.20. The monoisotopic (exact) mass is 300 g/mol. The number of benzene rings is 1. The van der Waals surface area contributed by atoms with Crippen molar-refractivity contribution in [3.05, 3.63) is 23.8 Å². The minimum atomic E-state index is 0.738. The summed E-state index contributed by atoms with van der Waals surface area (Å²) in [5.41, 5.74) is 3.44. The molecule has 2 aliphatic heterocycles. The zero-order valence-electron chi connectivity index (χ0n) is 13.2. The van der Waals surface area contributed by atoms with E-state index in [2.05, 4.69) is 43.6 Å². The summed E-state index contributed by atoms with van der Waals surface area (Å²) >= 11 is 0. The summed E-state index contributed by atoms with van der Waals surface area (Å²) < 4.78 is 1.83. The molecule has 1 atom stereocenters. The van der Waals surface area contributed by atoms with Crippen LogP contribution in [0.3, 0.4) is 0 Å². The second-order valence-corrected chi connectivity index (χ2v) is 6.50. The van der Waals surface area contributed by atoms with Gasteiger partial charge in [-0.1, -0.05) is 11.3 Å². The van der Waals surface area contributed by atoms with Crippen LogP contribution in [0.15, 0.2) is 18.2 Å². The molecule has 2 saturated heterocycles. The van der Waals surface area contributed by atoms with Crippen molar-refractivity contribution in [3.8, 4) is 0 Å². The highest BCUT2D eigenvalue weighted by atomic mass is 15.4. The molecule has 0 aliphatic carbocycles.